The molecular weight excluding hydrogens is 360 g/mol. The summed E-state index contributed by atoms with van der Waals surface area (Å²) < 4.78 is 12.8. The topological polar surface area (TPSA) is 136 Å². The summed E-state index contributed by atoms with van der Waals surface area (Å²) in [6, 6.07) is 0. The zero-order valence-corrected chi connectivity index (χ0v) is 13.1. The van der Waals surface area contributed by atoms with E-state index in [1.54, 1.807) is 6.20 Å². The Hall–Kier alpha value is -1.46. The number of fused-ring (bicyclic) bond motifs is 1. The van der Waals surface area contributed by atoms with Crippen molar-refractivity contribution < 1.29 is 24.8 Å². The smallest absolute Gasteiger partial charge is 0.228 e. The van der Waals surface area contributed by atoms with Crippen LogP contribution in [0.25, 0.3) is 11.0 Å². The van der Waals surface area contributed by atoms with Gasteiger partial charge in [-0.1, -0.05) is 0 Å². The van der Waals surface area contributed by atoms with Crippen LogP contribution in [-0.4, -0.2) is 61.9 Å². The number of anilines is 1. The molecule has 4 atom stereocenters. The van der Waals surface area contributed by atoms with Gasteiger partial charge in [0.25, 0.3) is 0 Å². The third kappa shape index (κ3) is 2.23. The fraction of sp³-hybridized carbons (Fsp3) is 0.500. The number of aliphatic hydroxyl groups excluding tert-OH is 3. The molecule has 3 rings (SSSR count). The number of nitrogen functional groups attached to an aromatic ring is 1. The number of halogens is 1. The fourth-order valence-electron chi connectivity index (χ4n) is 2.54. The SMILES string of the molecule is COc1nc(N)nc2c1c(Br)cn2[C@H]1O[C@@H](CO)[C@H](O)[C@@H]1O. The highest BCUT2D eigenvalue weighted by molar-refractivity contribution is 9.10. The largest absolute Gasteiger partial charge is 0.480 e. The molecule has 120 valence electrons. The fourth-order valence-corrected chi connectivity index (χ4v) is 3.11. The van der Waals surface area contributed by atoms with E-state index in [9.17, 15) is 15.3 Å². The molecular formula is C12H15BrN4O5. The summed E-state index contributed by atoms with van der Waals surface area (Å²) in [4.78, 5) is 8.14. The van der Waals surface area contributed by atoms with E-state index < -0.39 is 31.1 Å². The van der Waals surface area contributed by atoms with E-state index in [2.05, 4.69) is 25.9 Å². The number of ether oxygens (including phenoxy) is 2. The Bertz CT molecular complexity index is 708. The van der Waals surface area contributed by atoms with E-state index >= 15 is 0 Å². The lowest BCUT2D eigenvalue weighted by Crippen LogP contribution is -2.33. The minimum absolute atomic E-state index is 0.00273. The van der Waals surface area contributed by atoms with Crippen molar-refractivity contribution in [2.75, 3.05) is 19.5 Å². The maximum absolute atomic E-state index is 10.1. The first-order valence-electron chi connectivity index (χ1n) is 6.48. The molecule has 0 radical (unpaired) electrons. The highest BCUT2D eigenvalue weighted by atomic mass is 79.9. The summed E-state index contributed by atoms with van der Waals surface area (Å²) in [5.41, 5.74) is 6.05. The predicted octanol–water partition coefficient (Wildman–Crippen LogP) is -0.604. The Morgan fingerprint density at radius 2 is 2.14 bits per heavy atom. The van der Waals surface area contributed by atoms with Crippen molar-refractivity contribution in [1.29, 1.82) is 0 Å². The van der Waals surface area contributed by atoms with Gasteiger partial charge < -0.3 is 35.1 Å². The van der Waals surface area contributed by atoms with Gasteiger partial charge in [-0.3, -0.25) is 0 Å². The van der Waals surface area contributed by atoms with Gasteiger partial charge in [0.05, 0.1) is 23.6 Å². The van der Waals surface area contributed by atoms with E-state index in [1.807, 2.05) is 0 Å². The molecule has 5 N–H and O–H groups in total. The zero-order chi connectivity index (χ0) is 16.0. The molecule has 0 spiro atoms. The second kappa shape index (κ2) is 5.63. The van der Waals surface area contributed by atoms with Gasteiger partial charge in [-0.2, -0.15) is 9.97 Å². The van der Waals surface area contributed by atoms with E-state index in [0.717, 1.165) is 0 Å². The molecule has 9 nitrogen and oxygen atoms in total. The number of rotatable bonds is 3. The van der Waals surface area contributed by atoms with Gasteiger partial charge in [0.1, 0.15) is 18.3 Å². The maximum atomic E-state index is 10.1. The van der Waals surface area contributed by atoms with Crippen molar-refractivity contribution in [1.82, 2.24) is 14.5 Å². The van der Waals surface area contributed by atoms with Crippen LogP contribution in [0.1, 0.15) is 6.23 Å². The summed E-state index contributed by atoms with van der Waals surface area (Å²) in [5, 5.41) is 29.8. The summed E-state index contributed by atoms with van der Waals surface area (Å²) in [5.74, 6) is 0.280. The first-order valence-corrected chi connectivity index (χ1v) is 7.27. The van der Waals surface area contributed by atoms with E-state index in [1.165, 1.54) is 11.7 Å². The Labute approximate surface area is 133 Å². The van der Waals surface area contributed by atoms with Crippen LogP contribution in [0.3, 0.4) is 0 Å². The molecule has 3 heterocycles. The number of nitrogens with two attached hydrogens (primary N) is 1. The van der Waals surface area contributed by atoms with Gasteiger partial charge in [0.2, 0.25) is 11.8 Å². The van der Waals surface area contributed by atoms with Crippen molar-refractivity contribution in [3.63, 3.8) is 0 Å². The van der Waals surface area contributed by atoms with Gasteiger partial charge in [-0.15, -0.1) is 0 Å². The van der Waals surface area contributed by atoms with Crippen molar-refractivity contribution in [2.24, 2.45) is 0 Å². The van der Waals surface area contributed by atoms with Crippen LogP contribution in [0.5, 0.6) is 5.88 Å². The molecule has 2 aromatic rings. The molecule has 0 bridgehead atoms. The first kappa shape index (κ1) is 15.4. The molecule has 2 aromatic heterocycles. The summed E-state index contributed by atoms with van der Waals surface area (Å²) in [6.45, 7) is -0.407. The molecule has 0 aromatic carbocycles. The molecule has 22 heavy (non-hydrogen) atoms. The summed E-state index contributed by atoms with van der Waals surface area (Å²) >= 11 is 3.38. The molecule has 1 aliphatic rings. The Balaban J connectivity index is 2.14. The molecule has 10 heteroatoms. The van der Waals surface area contributed by atoms with Crippen LogP contribution in [-0.2, 0) is 4.74 Å². The average Bonchev–Trinajstić information content (AvgIpc) is 2.97. The van der Waals surface area contributed by atoms with Crippen LogP contribution in [0.4, 0.5) is 5.95 Å². The molecule has 0 aliphatic carbocycles. The highest BCUT2D eigenvalue weighted by Crippen LogP contribution is 2.38. The first-order chi connectivity index (χ1) is 10.5. The van der Waals surface area contributed by atoms with Crippen molar-refractivity contribution in [2.45, 2.75) is 24.5 Å². The van der Waals surface area contributed by atoms with Crippen LogP contribution in [0, 0.1) is 0 Å². The van der Waals surface area contributed by atoms with E-state index in [4.69, 9.17) is 15.2 Å². The zero-order valence-electron chi connectivity index (χ0n) is 11.5. The maximum Gasteiger partial charge on any atom is 0.228 e. The number of nitrogens with zero attached hydrogens (tertiary/aromatic N) is 3. The lowest BCUT2D eigenvalue weighted by Gasteiger charge is -2.17. The van der Waals surface area contributed by atoms with Crippen LogP contribution in [0.2, 0.25) is 0 Å². The number of methoxy groups -OCH3 is 1. The standard InChI is InChI=1S/C12H15BrN4O5/c1-21-10-6-4(13)2-17(9(6)15-12(14)16-10)11-8(20)7(19)5(3-18)22-11/h2,5,7-8,11,18-20H,3H2,1H3,(H2,14,15,16)/t5-,7-,8-,11-/m0/s1. The summed E-state index contributed by atoms with van der Waals surface area (Å²) in [6.07, 6.45) is -2.59. The Kier molecular flexibility index (Phi) is 3.95. The quantitative estimate of drug-likeness (QED) is 0.558. The van der Waals surface area contributed by atoms with Crippen LogP contribution in [0.15, 0.2) is 10.7 Å². The third-order valence-corrected chi connectivity index (χ3v) is 4.20. The van der Waals surface area contributed by atoms with Gasteiger partial charge in [0, 0.05) is 6.20 Å². The molecule has 0 unspecified atom stereocenters. The average molecular weight is 375 g/mol. The van der Waals surface area contributed by atoms with Gasteiger partial charge >= 0.3 is 0 Å². The monoisotopic (exact) mass is 374 g/mol. The number of hydrogen-bond acceptors (Lipinski definition) is 8. The second-order valence-corrected chi connectivity index (χ2v) is 5.76. The van der Waals surface area contributed by atoms with Crippen LogP contribution < -0.4 is 10.5 Å². The van der Waals surface area contributed by atoms with Crippen molar-refractivity contribution in [3.05, 3.63) is 10.7 Å². The number of aliphatic hydroxyl groups is 3. The molecule has 0 amide bonds. The minimum Gasteiger partial charge on any atom is -0.480 e. The number of hydrogen-bond donors (Lipinski definition) is 4. The molecule has 0 saturated carbocycles. The van der Waals surface area contributed by atoms with Gasteiger partial charge in [0.15, 0.2) is 11.9 Å². The molecule has 1 saturated heterocycles. The molecule has 1 aliphatic heterocycles. The van der Waals surface area contributed by atoms with Crippen molar-refractivity contribution in [3.8, 4) is 5.88 Å². The number of aromatic nitrogens is 3. The van der Waals surface area contributed by atoms with E-state index in [-0.39, 0.29) is 11.8 Å². The van der Waals surface area contributed by atoms with Crippen LogP contribution >= 0.6 is 15.9 Å². The summed E-state index contributed by atoms with van der Waals surface area (Å²) in [7, 11) is 1.46. The van der Waals surface area contributed by atoms with Gasteiger partial charge in [-0.05, 0) is 15.9 Å². The highest BCUT2D eigenvalue weighted by Gasteiger charge is 2.44. The molecule has 1 fully saturated rings. The normalized spacial score (nSPS) is 28.4. The lowest BCUT2D eigenvalue weighted by molar-refractivity contribution is -0.0509. The predicted molar refractivity (Wildman–Crippen MR) is 79.2 cm³/mol. The second-order valence-electron chi connectivity index (χ2n) is 4.90. The Morgan fingerprint density at radius 1 is 1.41 bits per heavy atom. The lowest BCUT2D eigenvalue weighted by atomic mass is 10.1. The van der Waals surface area contributed by atoms with Gasteiger partial charge in [-0.25, -0.2) is 0 Å². The third-order valence-electron chi connectivity index (χ3n) is 3.59. The van der Waals surface area contributed by atoms with E-state index in [0.29, 0.717) is 15.5 Å². The van der Waals surface area contributed by atoms with Crippen molar-refractivity contribution >= 4 is 32.9 Å². The Morgan fingerprint density at radius 3 is 2.73 bits per heavy atom. The minimum atomic E-state index is -1.22.